The fraction of sp³-hybridized carbons (Fsp3) is 0.500. The number of β-amino-alcohol motifs (C(OH)–C–C–N with tert-alkyl or cyclic N) is 1. The second-order valence-electron chi connectivity index (χ2n) is 4.62. The maximum Gasteiger partial charge on any atom is 0.132 e. The van der Waals surface area contributed by atoms with E-state index in [9.17, 15) is 13.9 Å². The topological polar surface area (TPSA) is 23.5 Å². The molecule has 1 aromatic carbocycles. The number of nitrogens with zero attached hydrogens (tertiary/aromatic N) is 1. The quantitative estimate of drug-likeness (QED) is 0.791. The van der Waals surface area contributed by atoms with Crippen LogP contribution in [0.4, 0.5) is 8.78 Å². The van der Waals surface area contributed by atoms with Crippen LogP contribution in [0.1, 0.15) is 18.9 Å². The lowest BCUT2D eigenvalue weighted by Gasteiger charge is -2.23. The molecule has 1 aromatic rings. The van der Waals surface area contributed by atoms with Crippen LogP contribution >= 0.6 is 0 Å². The molecule has 0 saturated carbocycles. The SMILES string of the molecule is CC1CC(O)(c2ccc(F)cc2F)CN1C. The van der Waals surface area contributed by atoms with Gasteiger partial charge in [-0.25, -0.2) is 8.78 Å². The number of aliphatic hydroxyl groups is 1. The van der Waals surface area contributed by atoms with Crippen molar-refractivity contribution in [1.29, 1.82) is 0 Å². The predicted molar refractivity (Wildman–Crippen MR) is 57.0 cm³/mol. The van der Waals surface area contributed by atoms with Crippen LogP contribution < -0.4 is 0 Å². The highest BCUT2D eigenvalue weighted by Gasteiger charge is 2.41. The molecule has 0 aliphatic carbocycles. The third-order valence-corrected chi connectivity index (χ3v) is 3.33. The predicted octanol–water partition coefficient (Wildman–Crippen LogP) is 1.88. The highest BCUT2D eigenvalue weighted by molar-refractivity contribution is 5.27. The van der Waals surface area contributed by atoms with E-state index in [0.29, 0.717) is 13.0 Å². The summed E-state index contributed by atoms with van der Waals surface area (Å²) < 4.78 is 26.4. The average molecular weight is 227 g/mol. The molecule has 1 N–H and O–H groups in total. The number of hydrogen-bond donors (Lipinski definition) is 1. The van der Waals surface area contributed by atoms with Gasteiger partial charge in [0.1, 0.15) is 17.2 Å². The monoisotopic (exact) mass is 227 g/mol. The molecule has 1 saturated heterocycles. The van der Waals surface area contributed by atoms with Gasteiger partial charge in [-0.05, 0) is 26.5 Å². The maximum atomic E-state index is 13.6. The fourth-order valence-corrected chi connectivity index (χ4v) is 2.34. The van der Waals surface area contributed by atoms with Gasteiger partial charge in [0, 0.05) is 24.2 Å². The Bertz CT molecular complexity index is 398. The minimum atomic E-state index is -1.20. The zero-order valence-corrected chi connectivity index (χ0v) is 9.37. The highest BCUT2D eigenvalue weighted by atomic mass is 19.1. The van der Waals surface area contributed by atoms with Gasteiger partial charge in [-0.15, -0.1) is 0 Å². The van der Waals surface area contributed by atoms with Gasteiger partial charge in [0.25, 0.3) is 0 Å². The number of halogens is 2. The van der Waals surface area contributed by atoms with Crippen LogP contribution in [0.3, 0.4) is 0 Å². The highest BCUT2D eigenvalue weighted by Crippen LogP contribution is 2.36. The Balaban J connectivity index is 2.37. The minimum Gasteiger partial charge on any atom is -0.384 e. The first-order valence-corrected chi connectivity index (χ1v) is 5.30. The van der Waals surface area contributed by atoms with Crippen molar-refractivity contribution in [3.05, 3.63) is 35.4 Å². The molecule has 4 heteroatoms. The summed E-state index contributed by atoms with van der Waals surface area (Å²) in [5.74, 6) is -1.30. The van der Waals surface area contributed by atoms with Crippen LogP contribution in [0.25, 0.3) is 0 Å². The molecular weight excluding hydrogens is 212 g/mol. The molecule has 1 aliphatic heterocycles. The van der Waals surface area contributed by atoms with Crippen molar-refractivity contribution in [2.24, 2.45) is 0 Å². The smallest absolute Gasteiger partial charge is 0.132 e. The standard InChI is InChI=1S/C12H15F2NO/c1-8-6-12(16,7-15(8)2)10-4-3-9(13)5-11(10)14/h3-5,8,16H,6-7H2,1-2H3. The normalized spacial score (nSPS) is 30.9. The van der Waals surface area contributed by atoms with Gasteiger partial charge in [0.05, 0.1) is 0 Å². The van der Waals surface area contributed by atoms with E-state index in [-0.39, 0.29) is 11.6 Å². The van der Waals surface area contributed by atoms with E-state index in [1.807, 2.05) is 18.9 Å². The summed E-state index contributed by atoms with van der Waals surface area (Å²) in [6.45, 7) is 2.34. The lowest BCUT2D eigenvalue weighted by Crippen LogP contribution is -2.30. The van der Waals surface area contributed by atoms with Crippen LogP contribution in [-0.2, 0) is 5.60 Å². The molecule has 0 spiro atoms. The Kier molecular flexibility index (Phi) is 2.72. The third-order valence-electron chi connectivity index (χ3n) is 3.33. The summed E-state index contributed by atoms with van der Waals surface area (Å²) in [5, 5.41) is 10.4. The van der Waals surface area contributed by atoms with Crippen molar-refractivity contribution in [3.8, 4) is 0 Å². The number of rotatable bonds is 1. The summed E-state index contributed by atoms with van der Waals surface area (Å²) >= 11 is 0. The van der Waals surface area contributed by atoms with Crippen molar-refractivity contribution < 1.29 is 13.9 Å². The molecule has 0 bridgehead atoms. The Morgan fingerprint density at radius 2 is 2.12 bits per heavy atom. The second-order valence-corrected chi connectivity index (χ2v) is 4.62. The Hall–Kier alpha value is -1.00. The van der Waals surface area contributed by atoms with Gasteiger partial charge in [-0.2, -0.15) is 0 Å². The van der Waals surface area contributed by atoms with Gasteiger partial charge < -0.3 is 10.0 Å². The molecule has 0 radical (unpaired) electrons. The molecule has 16 heavy (non-hydrogen) atoms. The second kappa shape index (κ2) is 3.79. The van der Waals surface area contributed by atoms with Gasteiger partial charge in [-0.3, -0.25) is 0 Å². The van der Waals surface area contributed by atoms with E-state index in [4.69, 9.17) is 0 Å². The molecule has 0 aromatic heterocycles. The molecule has 0 amide bonds. The number of likely N-dealkylation sites (N-methyl/N-ethyl adjacent to an activating group) is 1. The average Bonchev–Trinajstić information content (AvgIpc) is 2.41. The van der Waals surface area contributed by atoms with Crippen LogP contribution in [0, 0.1) is 11.6 Å². The van der Waals surface area contributed by atoms with Gasteiger partial charge >= 0.3 is 0 Å². The summed E-state index contributed by atoms with van der Waals surface area (Å²) in [6.07, 6.45) is 0.464. The third kappa shape index (κ3) is 1.83. The van der Waals surface area contributed by atoms with Crippen molar-refractivity contribution in [2.75, 3.05) is 13.6 Å². The van der Waals surface area contributed by atoms with E-state index in [0.717, 1.165) is 6.07 Å². The lowest BCUT2D eigenvalue weighted by molar-refractivity contribution is 0.0448. The fourth-order valence-electron chi connectivity index (χ4n) is 2.34. The first kappa shape index (κ1) is 11.5. The van der Waals surface area contributed by atoms with Crippen LogP contribution in [0.15, 0.2) is 18.2 Å². The summed E-state index contributed by atoms with van der Waals surface area (Å²) in [5.41, 5.74) is -1.02. The molecule has 1 aliphatic rings. The molecule has 1 fully saturated rings. The zero-order chi connectivity index (χ0) is 11.9. The molecule has 2 atom stereocenters. The van der Waals surface area contributed by atoms with Crippen LogP contribution in [-0.4, -0.2) is 29.6 Å². The molecule has 2 rings (SSSR count). The van der Waals surface area contributed by atoms with E-state index in [2.05, 4.69) is 0 Å². The Morgan fingerprint density at radius 3 is 2.62 bits per heavy atom. The molecule has 1 heterocycles. The van der Waals surface area contributed by atoms with Crippen molar-refractivity contribution in [1.82, 2.24) is 4.90 Å². The van der Waals surface area contributed by atoms with Crippen molar-refractivity contribution >= 4 is 0 Å². The number of likely N-dealkylation sites (tertiary alicyclic amines) is 1. The largest absolute Gasteiger partial charge is 0.384 e. The van der Waals surface area contributed by atoms with Gasteiger partial charge in [-0.1, -0.05) is 6.07 Å². The molecule has 2 unspecified atom stereocenters. The van der Waals surface area contributed by atoms with Gasteiger partial charge in [0.2, 0.25) is 0 Å². The van der Waals surface area contributed by atoms with Crippen molar-refractivity contribution in [3.63, 3.8) is 0 Å². The van der Waals surface area contributed by atoms with E-state index in [1.54, 1.807) is 0 Å². The first-order chi connectivity index (χ1) is 7.42. The molecule has 88 valence electrons. The molecular formula is C12H15F2NO. The summed E-state index contributed by atoms with van der Waals surface area (Å²) in [4.78, 5) is 1.96. The van der Waals surface area contributed by atoms with Crippen LogP contribution in [0.2, 0.25) is 0 Å². The minimum absolute atomic E-state index is 0.185. The summed E-state index contributed by atoms with van der Waals surface area (Å²) in [7, 11) is 1.88. The van der Waals surface area contributed by atoms with Gasteiger partial charge in [0.15, 0.2) is 0 Å². The number of hydrogen-bond acceptors (Lipinski definition) is 2. The van der Waals surface area contributed by atoms with Crippen LogP contribution in [0.5, 0.6) is 0 Å². The maximum absolute atomic E-state index is 13.6. The van der Waals surface area contributed by atoms with E-state index < -0.39 is 17.2 Å². The summed E-state index contributed by atoms with van der Waals surface area (Å²) in [6, 6.07) is 3.51. The Labute approximate surface area is 93.5 Å². The zero-order valence-electron chi connectivity index (χ0n) is 9.37. The van der Waals surface area contributed by atoms with E-state index >= 15 is 0 Å². The van der Waals surface area contributed by atoms with Crippen molar-refractivity contribution in [2.45, 2.75) is 25.0 Å². The number of benzene rings is 1. The first-order valence-electron chi connectivity index (χ1n) is 5.30. The van der Waals surface area contributed by atoms with E-state index in [1.165, 1.54) is 12.1 Å². The lowest BCUT2D eigenvalue weighted by atomic mass is 9.91. The molecule has 2 nitrogen and oxygen atoms in total. The Morgan fingerprint density at radius 1 is 1.44 bits per heavy atom.